The standard InChI is InChI=1S/C16H22F2N2/c1-11(15-5-4-12(17)9-16(15)18)19-13-6-8-20-7-2-3-14(20)10-13/h4-5,9,11,13-14,19H,2-3,6-8,10H2,1H3. The number of nitrogens with one attached hydrogen (secondary N) is 1. The minimum absolute atomic E-state index is 0.0754. The van der Waals surface area contributed by atoms with Crippen LogP contribution in [0.15, 0.2) is 18.2 Å². The van der Waals surface area contributed by atoms with Crippen molar-refractivity contribution in [3.05, 3.63) is 35.4 Å². The summed E-state index contributed by atoms with van der Waals surface area (Å²) < 4.78 is 26.7. The van der Waals surface area contributed by atoms with Gasteiger partial charge in [0, 0.05) is 29.8 Å². The van der Waals surface area contributed by atoms with Crippen LogP contribution >= 0.6 is 0 Å². The van der Waals surface area contributed by atoms with E-state index in [0.29, 0.717) is 17.6 Å². The van der Waals surface area contributed by atoms with Gasteiger partial charge in [0.15, 0.2) is 0 Å². The summed E-state index contributed by atoms with van der Waals surface area (Å²) in [5.74, 6) is -0.971. The first kappa shape index (κ1) is 14.0. The summed E-state index contributed by atoms with van der Waals surface area (Å²) in [6, 6.07) is 4.91. The highest BCUT2D eigenvalue weighted by molar-refractivity contribution is 5.21. The number of nitrogens with zero attached hydrogens (tertiary/aromatic N) is 1. The average Bonchev–Trinajstić information content (AvgIpc) is 2.85. The predicted molar refractivity (Wildman–Crippen MR) is 75.5 cm³/mol. The highest BCUT2D eigenvalue weighted by Gasteiger charge is 2.32. The van der Waals surface area contributed by atoms with Crippen LogP contribution in [0.25, 0.3) is 0 Å². The van der Waals surface area contributed by atoms with Crippen molar-refractivity contribution in [1.29, 1.82) is 0 Å². The van der Waals surface area contributed by atoms with Gasteiger partial charge < -0.3 is 10.2 Å². The zero-order valence-corrected chi connectivity index (χ0v) is 11.9. The molecule has 0 saturated carbocycles. The van der Waals surface area contributed by atoms with E-state index in [1.807, 2.05) is 6.92 Å². The van der Waals surface area contributed by atoms with Crippen LogP contribution in [-0.2, 0) is 0 Å². The maximum atomic E-state index is 13.8. The van der Waals surface area contributed by atoms with E-state index < -0.39 is 11.6 Å². The molecule has 3 rings (SSSR count). The molecule has 0 bridgehead atoms. The van der Waals surface area contributed by atoms with Crippen molar-refractivity contribution < 1.29 is 8.78 Å². The lowest BCUT2D eigenvalue weighted by atomic mass is 9.96. The molecule has 1 N–H and O–H groups in total. The first-order valence-electron chi connectivity index (χ1n) is 7.58. The lowest BCUT2D eigenvalue weighted by Gasteiger charge is -2.36. The smallest absolute Gasteiger partial charge is 0.130 e. The molecule has 0 radical (unpaired) electrons. The van der Waals surface area contributed by atoms with Crippen LogP contribution in [0, 0.1) is 11.6 Å². The van der Waals surface area contributed by atoms with Crippen LogP contribution < -0.4 is 5.32 Å². The Morgan fingerprint density at radius 2 is 2.10 bits per heavy atom. The summed E-state index contributed by atoms with van der Waals surface area (Å²) in [5, 5.41) is 3.52. The minimum atomic E-state index is -0.516. The lowest BCUT2D eigenvalue weighted by Crippen LogP contribution is -2.46. The summed E-state index contributed by atoms with van der Waals surface area (Å²) in [6.45, 7) is 4.33. The van der Waals surface area contributed by atoms with Gasteiger partial charge in [-0.15, -0.1) is 0 Å². The van der Waals surface area contributed by atoms with Gasteiger partial charge in [-0.3, -0.25) is 0 Å². The van der Waals surface area contributed by atoms with Crippen molar-refractivity contribution in [3.63, 3.8) is 0 Å². The van der Waals surface area contributed by atoms with Gasteiger partial charge in [0.05, 0.1) is 0 Å². The summed E-state index contributed by atoms with van der Waals surface area (Å²) in [7, 11) is 0. The molecular formula is C16H22F2N2. The van der Waals surface area contributed by atoms with Crippen LogP contribution in [-0.4, -0.2) is 30.1 Å². The van der Waals surface area contributed by atoms with Gasteiger partial charge in [0.25, 0.3) is 0 Å². The molecular weight excluding hydrogens is 258 g/mol. The summed E-state index contributed by atoms with van der Waals surface area (Å²) in [6.07, 6.45) is 4.85. The molecule has 110 valence electrons. The molecule has 0 spiro atoms. The Kier molecular flexibility index (Phi) is 4.03. The Labute approximate surface area is 119 Å². The Bertz CT molecular complexity index is 478. The summed E-state index contributed by atoms with van der Waals surface area (Å²) >= 11 is 0. The first-order chi connectivity index (χ1) is 9.63. The largest absolute Gasteiger partial charge is 0.307 e. The fourth-order valence-electron chi connectivity index (χ4n) is 3.67. The molecule has 2 nitrogen and oxygen atoms in total. The van der Waals surface area contributed by atoms with Crippen molar-refractivity contribution in [2.45, 2.75) is 50.7 Å². The van der Waals surface area contributed by atoms with E-state index in [9.17, 15) is 8.78 Å². The zero-order chi connectivity index (χ0) is 14.1. The van der Waals surface area contributed by atoms with E-state index in [4.69, 9.17) is 0 Å². The molecule has 1 aromatic carbocycles. The van der Waals surface area contributed by atoms with Crippen LogP contribution in [0.3, 0.4) is 0 Å². The predicted octanol–water partition coefficient (Wildman–Crippen LogP) is 3.24. The number of benzene rings is 1. The van der Waals surface area contributed by atoms with Crippen LogP contribution in [0.1, 0.15) is 44.2 Å². The quantitative estimate of drug-likeness (QED) is 0.914. The van der Waals surface area contributed by atoms with Crippen LogP contribution in [0.5, 0.6) is 0 Å². The van der Waals surface area contributed by atoms with Gasteiger partial charge in [-0.2, -0.15) is 0 Å². The summed E-state index contributed by atoms with van der Waals surface area (Å²) in [4.78, 5) is 2.57. The Morgan fingerprint density at radius 3 is 2.90 bits per heavy atom. The number of piperidine rings is 1. The number of halogens is 2. The number of rotatable bonds is 3. The third-order valence-corrected chi connectivity index (χ3v) is 4.74. The van der Waals surface area contributed by atoms with Gasteiger partial charge in [-0.05, 0) is 51.8 Å². The molecule has 3 unspecified atom stereocenters. The van der Waals surface area contributed by atoms with Crippen LogP contribution in [0.2, 0.25) is 0 Å². The molecule has 0 amide bonds. The number of fused-ring (bicyclic) bond motifs is 1. The fourth-order valence-corrected chi connectivity index (χ4v) is 3.67. The maximum Gasteiger partial charge on any atom is 0.130 e. The maximum absolute atomic E-state index is 13.8. The van der Waals surface area contributed by atoms with E-state index >= 15 is 0 Å². The highest BCUT2D eigenvalue weighted by atomic mass is 19.1. The molecule has 20 heavy (non-hydrogen) atoms. The van der Waals surface area contributed by atoms with Gasteiger partial charge >= 0.3 is 0 Å². The second-order valence-electron chi connectivity index (χ2n) is 6.11. The van der Waals surface area contributed by atoms with E-state index in [0.717, 1.165) is 25.5 Å². The highest BCUT2D eigenvalue weighted by Crippen LogP contribution is 2.28. The Morgan fingerprint density at radius 1 is 1.25 bits per heavy atom. The number of hydrogen-bond acceptors (Lipinski definition) is 2. The van der Waals surface area contributed by atoms with E-state index in [2.05, 4.69) is 10.2 Å². The minimum Gasteiger partial charge on any atom is -0.307 e. The van der Waals surface area contributed by atoms with E-state index in [-0.39, 0.29) is 6.04 Å². The van der Waals surface area contributed by atoms with Crippen LogP contribution in [0.4, 0.5) is 8.78 Å². The lowest BCUT2D eigenvalue weighted by molar-refractivity contribution is 0.162. The molecule has 2 heterocycles. The second-order valence-corrected chi connectivity index (χ2v) is 6.11. The number of hydrogen-bond donors (Lipinski definition) is 1. The van der Waals surface area contributed by atoms with Crippen molar-refractivity contribution in [1.82, 2.24) is 10.2 Å². The SMILES string of the molecule is CC(NC1CCN2CCCC2C1)c1ccc(F)cc1F. The van der Waals surface area contributed by atoms with E-state index in [1.54, 1.807) is 6.07 Å². The first-order valence-corrected chi connectivity index (χ1v) is 7.58. The zero-order valence-electron chi connectivity index (χ0n) is 11.9. The van der Waals surface area contributed by atoms with Gasteiger partial charge in [0.2, 0.25) is 0 Å². The van der Waals surface area contributed by atoms with Crippen molar-refractivity contribution >= 4 is 0 Å². The van der Waals surface area contributed by atoms with Crippen molar-refractivity contribution in [3.8, 4) is 0 Å². The van der Waals surface area contributed by atoms with Crippen molar-refractivity contribution in [2.24, 2.45) is 0 Å². The molecule has 1 aromatic rings. The Hall–Kier alpha value is -1.00. The summed E-state index contributed by atoms with van der Waals surface area (Å²) in [5.41, 5.74) is 0.556. The van der Waals surface area contributed by atoms with Gasteiger partial charge in [-0.25, -0.2) is 8.78 Å². The third-order valence-electron chi connectivity index (χ3n) is 4.74. The van der Waals surface area contributed by atoms with E-state index in [1.165, 1.54) is 25.5 Å². The molecule has 2 saturated heterocycles. The van der Waals surface area contributed by atoms with Crippen molar-refractivity contribution in [2.75, 3.05) is 13.1 Å². The molecule has 2 aliphatic heterocycles. The second kappa shape index (κ2) is 5.78. The molecule has 4 heteroatoms. The van der Waals surface area contributed by atoms with Gasteiger partial charge in [-0.1, -0.05) is 6.07 Å². The average molecular weight is 280 g/mol. The monoisotopic (exact) mass is 280 g/mol. The molecule has 3 atom stereocenters. The normalized spacial score (nSPS) is 28.4. The molecule has 0 aromatic heterocycles. The molecule has 2 aliphatic rings. The fraction of sp³-hybridized carbons (Fsp3) is 0.625. The third kappa shape index (κ3) is 2.86. The molecule has 2 fully saturated rings. The molecule has 0 aliphatic carbocycles. The van der Waals surface area contributed by atoms with Gasteiger partial charge in [0.1, 0.15) is 11.6 Å². The Balaban J connectivity index is 1.62. The topological polar surface area (TPSA) is 15.3 Å².